The fraction of sp³-hybridized carbons (Fsp3) is 0.133. The number of benzene rings is 1. The minimum Gasteiger partial charge on any atom is -0.353 e. The normalized spacial score (nSPS) is 14.6. The Morgan fingerprint density at radius 2 is 2.06 bits per heavy atom. The summed E-state index contributed by atoms with van der Waals surface area (Å²) in [5.74, 6) is 0. The summed E-state index contributed by atoms with van der Waals surface area (Å²) in [5.41, 5.74) is 4.98. The van der Waals surface area contributed by atoms with E-state index in [4.69, 9.17) is 4.99 Å². The Kier molecular flexibility index (Phi) is 2.14. The van der Waals surface area contributed by atoms with Gasteiger partial charge in [0.1, 0.15) is 0 Å². The molecule has 18 heavy (non-hydrogen) atoms. The minimum absolute atomic E-state index is 0.891. The molecule has 1 aliphatic heterocycles. The number of hydrogen-bond donors (Lipinski definition) is 1. The van der Waals surface area contributed by atoms with Gasteiger partial charge in [0.2, 0.25) is 0 Å². The Morgan fingerprint density at radius 3 is 2.94 bits per heavy atom. The quantitative estimate of drug-likeness (QED) is 0.685. The number of hydrogen-bond acceptors (Lipinski definition) is 2. The number of aliphatic imine (C=N–C) groups is 1. The first kappa shape index (κ1) is 10.1. The number of aromatic amines is 1. The van der Waals surface area contributed by atoms with E-state index >= 15 is 0 Å². The van der Waals surface area contributed by atoms with Crippen LogP contribution in [0.4, 0.5) is 0 Å². The molecule has 0 atom stereocenters. The minimum atomic E-state index is 0.891. The summed E-state index contributed by atoms with van der Waals surface area (Å²) in [7, 11) is 0. The molecule has 0 amide bonds. The topological polar surface area (TPSA) is 28.1 Å². The molecule has 2 nitrogen and oxygen atoms in total. The van der Waals surface area contributed by atoms with Gasteiger partial charge in [0.15, 0.2) is 0 Å². The standard InChI is InChI=1S/C15H12N2S/c1-2-5-12-10(4-1)11-7-8-16-15(14(11)17-12)13-6-3-9-18-13/h1-6,9,17H,7-8H2. The van der Waals surface area contributed by atoms with Crippen molar-refractivity contribution in [3.05, 3.63) is 57.9 Å². The van der Waals surface area contributed by atoms with Crippen molar-refractivity contribution in [1.82, 2.24) is 4.98 Å². The van der Waals surface area contributed by atoms with Crippen LogP contribution in [0.15, 0.2) is 46.8 Å². The van der Waals surface area contributed by atoms with Crippen LogP contribution in [0, 0.1) is 0 Å². The monoisotopic (exact) mass is 252 g/mol. The summed E-state index contributed by atoms with van der Waals surface area (Å²) in [4.78, 5) is 9.49. The van der Waals surface area contributed by atoms with E-state index in [1.54, 1.807) is 11.3 Å². The van der Waals surface area contributed by atoms with Gasteiger partial charge >= 0.3 is 0 Å². The summed E-state index contributed by atoms with van der Waals surface area (Å²) in [6, 6.07) is 12.7. The van der Waals surface area contributed by atoms with Gasteiger partial charge in [0.05, 0.1) is 16.3 Å². The fourth-order valence-electron chi connectivity index (χ4n) is 2.63. The van der Waals surface area contributed by atoms with E-state index in [0.717, 1.165) is 18.7 Å². The maximum atomic E-state index is 4.70. The molecule has 0 saturated carbocycles. The Hall–Kier alpha value is -1.87. The third kappa shape index (κ3) is 1.37. The molecular weight excluding hydrogens is 240 g/mol. The molecule has 3 heteroatoms. The van der Waals surface area contributed by atoms with Gasteiger partial charge in [0, 0.05) is 17.4 Å². The molecule has 0 spiro atoms. The number of rotatable bonds is 1. The van der Waals surface area contributed by atoms with Crippen LogP contribution in [0.25, 0.3) is 10.9 Å². The number of para-hydroxylation sites is 1. The van der Waals surface area contributed by atoms with E-state index in [2.05, 4.69) is 46.8 Å². The lowest BCUT2D eigenvalue weighted by Gasteiger charge is -2.11. The number of thiophene rings is 1. The van der Waals surface area contributed by atoms with Gasteiger partial charge in [-0.1, -0.05) is 24.3 Å². The molecule has 3 heterocycles. The lowest BCUT2D eigenvalue weighted by Crippen LogP contribution is -2.12. The molecule has 0 fully saturated rings. The smallest absolute Gasteiger partial charge is 0.0984 e. The Morgan fingerprint density at radius 1 is 1.11 bits per heavy atom. The fourth-order valence-corrected chi connectivity index (χ4v) is 3.37. The Balaban J connectivity index is 1.99. The number of aromatic nitrogens is 1. The number of nitrogens with zero attached hydrogens (tertiary/aromatic N) is 1. The van der Waals surface area contributed by atoms with E-state index in [1.165, 1.54) is 27.0 Å². The molecule has 1 N–H and O–H groups in total. The van der Waals surface area contributed by atoms with Crippen molar-refractivity contribution in [3.8, 4) is 0 Å². The molecule has 0 bridgehead atoms. The van der Waals surface area contributed by atoms with E-state index < -0.39 is 0 Å². The third-order valence-electron chi connectivity index (χ3n) is 3.44. The molecule has 3 aromatic rings. The van der Waals surface area contributed by atoms with Crippen molar-refractivity contribution in [2.75, 3.05) is 6.54 Å². The van der Waals surface area contributed by atoms with Crippen LogP contribution in [0.2, 0.25) is 0 Å². The highest BCUT2D eigenvalue weighted by Crippen LogP contribution is 2.29. The van der Waals surface area contributed by atoms with Crippen LogP contribution in [0.1, 0.15) is 16.1 Å². The lowest BCUT2D eigenvalue weighted by atomic mass is 10.0. The van der Waals surface area contributed by atoms with Crippen molar-refractivity contribution in [3.63, 3.8) is 0 Å². The molecule has 1 aliphatic rings. The van der Waals surface area contributed by atoms with E-state index in [9.17, 15) is 0 Å². The highest BCUT2D eigenvalue weighted by Gasteiger charge is 2.20. The number of nitrogens with one attached hydrogen (secondary N) is 1. The predicted octanol–water partition coefficient (Wildman–Crippen LogP) is 3.62. The van der Waals surface area contributed by atoms with E-state index in [0.29, 0.717) is 0 Å². The predicted molar refractivity (Wildman–Crippen MR) is 76.8 cm³/mol. The summed E-state index contributed by atoms with van der Waals surface area (Å²) in [6.07, 6.45) is 1.04. The number of fused-ring (bicyclic) bond motifs is 3. The van der Waals surface area contributed by atoms with Crippen LogP contribution >= 0.6 is 11.3 Å². The molecule has 0 unspecified atom stereocenters. The zero-order chi connectivity index (χ0) is 11.9. The van der Waals surface area contributed by atoms with Crippen molar-refractivity contribution in [2.45, 2.75) is 6.42 Å². The van der Waals surface area contributed by atoms with Crippen LogP contribution in [-0.4, -0.2) is 17.2 Å². The summed E-state index contributed by atoms with van der Waals surface area (Å²) < 4.78 is 0. The molecule has 88 valence electrons. The Bertz CT molecular complexity index is 735. The molecule has 1 aromatic carbocycles. The lowest BCUT2D eigenvalue weighted by molar-refractivity contribution is 0.949. The third-order valence-corrected chi connectivity index (χ3v) is 4.31. The second kappa shape index (κ2) is 3.82. The second-order valence-electron chi connectivity index (χ2n) is 4.48. The maximum Gasteiger partial charge on any atom is 0.0984 e. The zero-order valence-electron chi connectivity index (χ0n) is 9.81. The first-order valence-electron chi connectivity index (χ1n) is 6.12. The highest BCUT2D eigenvalue weighted by atomic mass is 32.1. The molecule has 0 aliphatic carbocycles. The first-order valence-corrected chi connectivity index (χ1v) is 7.00. The first-order chi connectivity index (χ1) is 8.93. The van der Waals surface area contributed by atoms with Gasteiger partial charge in [0.25, 0.3) is 0 Å². The average molecular weight is 252 g/mol. The van der Waals surface area contributed by atoms with Crippen LogP contribution in [0.5, 0.6) is 0 Å². The van der Waals surface area contributed by atoms with Crippen LogP contribution in [-0.2, 0) is 6.42 Å². The van der Waals surface area contributed by atoms with Crippen molar-refractivity contribution >= 4 is 28.0 Å². The summed E-state index contributed by atoms with van der Waals surface area (Å²) >= 11 is 1.75. The van der Waals surface area contributed by atoms with Crippen molar-refractivity contribution in [2.24, 2.45) is 4.99 Å². The van der Waals surface area contributed by atoms with Gasteiger partial charge in [-0.3, -0.25) is 4.99 Å². The van der Waals surface area contributed by atoms with Gasteiger partial charge in [-0.15, -0.1) is 11.3 Å². The SMILES string of the molecule is c1csc(C2=NCCc3c2[nH]c2ccccc32)c1. The molecule has 0 saturated heterocycles. The Labute approximate surface area is 109 Å². The zero-order valence-corrected chi connectivity index (χ0v) is 10.6. The summed E-state index contributed by atoms with van der Waals surface area (Å²) in [5, 5.41) is 3.45. The molecular formula is C15H12N2S. The number of H-pyrrole nitrogens is 1. The second-order valence-corrected chi connectivity index (χ2v) is 5.43. The largest absolute Gasteiger partial charge is 0.353 e. The highest BCUT2D eigenvalue weighted by molar-refractivity contribution is 7.12. The molecule has 0 radical (unpaired) electrons. The van der Waals surface area contributed by atoms with E-state index in [-0.39, 0.29) is 0 Å². The summed E-state index contributed by atoms with van der Waals surface area (Å²) in [6.45, 7) is 0.891. The van der Waals surface area contributed by atoms with Gasteiger partial charge < -0.3 is 4.98 Å². The average Bonchev–Trinajstić information content (AvgIpc) is 3.05. The molecule has 2 aromatic heterocycles. The molecule has 4 rings (SSSR count). The maximum absolute atomic E-state index is 4.70. The van der Waals surface area contributed by atoms with Gasteiger partial charge in [-0.2, -0.15) is 0 Å². The van der Waals surface area contributed by atoms with E-state index in [1.807, 2.05) is 0 Å². The van der Waals surface area contributed by atoms with Crippen molar-refractivity contribution in [1.29, 1.82) is 0 Å². The van der Waals surface area contributed by atoms with Crippen LogP contribution < -0.4 is 0 Å². The van der Waals surface area contributed by atoms with Gasteiger partial charge in [-0.25, -0.2) is 0 Å². The van der Waals surface area contributed by atoms with Gasteiger partial charge in [-0.05, 0) is 29.5 Å². The van der Waals surface area contributed by atoms with Crippen LogP contribution in [0.3, 0.4) is 0 Å². The van der Waals surface area contributed by atoms with Crippen molar-refractivity contribution < 1.29 is 0 Å².